The van der Waals surface area contributed by atoms with E-state index in [4.69, 9.17) is 16.3 Å². The second kappa shape index (κ2) is 10.5. The maximum atomic E-state index is 13.1. The van der Waals surface area contributed by atoms with E-state index in [1.165, 1.54) is 18.7 Å². The van der Waals surface area contributed by atoms with Crippen LogP contribution >= 0.6 is 11.6 Å². The van der Waals surface area contributed by atoms with E-state index < -0.39 is 9.84 Å². The molecule has 4 rings (SSSR count). The number of ketones is 1. The Balaban J connectivity index is 1.47. The topological polar surface area (TPSA) is 72.5 Å². The highest BCUT2D eigenvalue weighted by molar-refractivity contribution is 7.90. The minimum atomic E-state index is -3.57. The van der Waals surface area contributed by atoms with Crippen LogP contribution in [0.2, 0.25) is 5.02 Å². The molecule has 5 nitrogen and oxygen atoms in total. The lowest BCUT2D eigenvalue weighted by atomic mass is 9.92. The molecule has 1 aliphatic heterocycles. The minimum absolute atomic E-state index is 0.0249. The monoisotopic (exact) mass is 511 g/mol. The molecule has 0 aliphatic carbocycles. The first kappa shape index (κ1) is 25.4. The summed E-state index contributed by atoms with van der Waals surface area (Å²) in [4.78, 5) is 13.0. The highest BCUT2D eigenvalue weighted by Crippen LogP contribution is 2.31. The molecule has 0 amide bonds. The van der Waals surface area contributed by atoms with Crippen molar-refractivity contribution in [2.24, 2.45) is 0 Å². The predicted molar refractivity (Wildman–Crippen MR) is 139 cm³/mol. The molecule has 0 radical (unpaired) electrons. The summed E-state index contributed by atoms with van der Waals surface area (Å²) < 4.78 is 31.7. The highest BCUT2D eigenvalue weighted by atomic mass is 35.5. The molecule has 0 bridgehead atoms. The molecular weight excluding hydrogens is 482 g/mol. The van der Waals surface area contributed by atoms with Crippen LogP contribution in [0.4, 0.5) is 0 Å². The van der Waals surface area contributed by atoms with Crippen LogP contribution in [0.25, 0.3) is 0 Å². The molecule has 0 saturated heterocycles. The van der Waals surface area contributed by atoms with E-state index in [1.54, 1.807) is 12.1 Å². The maximum absolute atomic E-state index is 13.1. The molecule has 184 valence electrons. The molecule has 1 heterocycles. The Labute approximate surface area is 212 Å². The average Bonchev–Trinajstić information content (AvgIpc) is 3.28. The largest absolute Gasteiger partial charge is 0.496 e. The van der Waals surface area contributed by atoms with Crippen LogP contribution in [-0.4, -0.2) is 21.3 Å². The van der Waals surface area contributed by atoms with Crippen LogP contribution in [0.3, 0.4) is 0 Å². The number of halogens is 1. The van der Waals surface area contributed by atoms with Gasteiger partial charge in [0.15, 0.2) is 9.84 Å². The first-order valence-corrected chi connectivity index (χ1v) is 13.7. The van der Waals surface area contributed by atoms with Gasteiger partial charge in [-0.05, 0) is 52.8 Å². The van der Waals surface area contributed by atoms with Crippen molar-refractivity contribution in [2.75, 3.05) is 7.11 Å². The number of carbonyl (C=O) groups excluding carboxylic acids is 1. The van der Waals surface area contributed by atoms with Crippen molar-refractivity contribution in [1.29, 1.82) is 0 Å². The summed E-state index contributed by atoms with van der Waals surface area (Å²) in [6, 6.07) is 16.4. The third-order valence-electron chi connectivity index (χ3n) is 6.55. The molecule has 0 saturated carbocycles. The summed E-state index contributed by atoms with van der Waals surface area (Å²) in [6.07, 6.45) is 0.495. The van der Waals surface area contributed by atoms with Gasteiger partial charge in [0.1, 0.15) is 11.5 Å². The molecule has 0 fully saturated rings. The smallest absolute Gasteiger partial charge is 0.182 e. The van der Waals surface area contributed by atoms with E-state index in [2.05, 4.69) is 5.32 Å². The lowest BCUT2D eigenvalue weighted by Crippen LogP contribution is -2.10. The lowest BCUT2D eigenvalue weighted by Gasteiger charge is -2.15. The number of aryl methyl sites for hydroxylation is 1. The van der Waals surface area contributed by atoms with E-state index >= 15 is 0 Å². The van der Waals surface area contributed by atoms with Gasteiger partial charge in [0, 0.05) is 36.5 Å². The van der Waals surface area contributed by atoms with E-state index in [0.717, 1.165) is 35.3 Å². The molecule has 0 aromatic heterocycles. The Morgan fingerprint density at radius 2 is 1.86 bits per heavy atom. The van der Waals surface area contributed by atoms with Crippen LogP contribution in [0.15, 0.2) is 59.5 Å². The summed E-state index contributed by atoms with van der Waals surface area (Å²) in [5.74, 6) is 0.328. The zero-order chi connectivity index (χ0) is 25.2. The van der Waals surface area contributed by atoms with Gasteiger partial charge in [0.2, 0.25) is 0 Å². The van der Waals surface area contributed by atoms with Crippen LogP contribution in [0.1, 0.15) is 52.6 Å². The van der Waals surface area contributed by atoms with Gasteiger partial charge in [-0.15, -0.1) is 0 Å². The number of ether oxygens (including phenoxy) is 1. The van der Waals surface area contributed by atoms with Crippen molar-refractivity contribution in [3.8, 4) is 5.75 Å². The number of hydrogen-bond donors (Lipinski definition) is 1. The van der Waals surface area contributed by atoms with Crippen molar-refractivity contribution in [3.05, 3.63) is 93.0 Å². The summed E-state index contributed by atoms with van der Waals surface area (Å²) in [7, 11) is -2.08. The molecule has 1 unspecified atom stereocenters. The van der Waals surface area contributed by atoms with Gasteiger partial charge in [-0.25, -0.2) is 8.42 Å². The van der Waals surface area contributed by atoms with Gasteiger partial charge in [0.05, 0.1) is 17.8 Å². The second-order valence-electron chi connectivity index (χ2n) is 9.24. The van der Waals surface area contributed by atoms with Crippen molar-refractivity contribution in [2.45, 2.75) is 56.3 Å². The normalized spacial score (nSPS) is 13.9. The highest BCUT2D eigenvalue weighted by Gasteiger charge is 2.21. The van der Waals surface area contributed by atoms with Crippen LogP contribution in [-0.2, 0) is 39.9 Å². The van der Waals surface area contributed by atoms with Gasteiger partial charge in [-0.3, -0.25) is 4.79 Å². The number of rotatable bonds is 9. The standard InChI is InChI=1S/C28H30ClNO4S/c1-18-5-4-6-26(28(18)29)19(2)11-24(31)13-21-9-10-25(14-27(21)34-3)35(32,33)17-20-7-8-22-15-30-16-23(22)12-20/h4-10,12,14,19,30H,11,13,15-17H2,1-3H3. The molecule has 3 aromatic rings. The van der Waals surface area contributed by atoms with E-state index in [0.29, 0.717) is 22.8 Å². The zero-order valence-electron chi connectivity index (χ0n) is 20.2. The molecule has 1 aliphatic rings. The molecule has 1 N–H and O–H groups in total. The molecule has 1 atom stereocenters. The zero-order valence-corrected chi connectivity index (χ0v) is 21.8. The summed E-state index contributed by atoms with van der Waals surface area (Å²) in [6.45, 7) is 5.51. The molecule has 3 aromatic carbocycles. The van der Waals surface area contributed by atoms with Gasteiger partial charge >= 0.3 is 0 Å². The Hall–Kier alpha value is -2.67. The Morgan fingerprint density at radius 3 is 2.63 bits per heavy atom. The number of hydrogen-bond acceptors (Lipinski definition) is 5. The van der Waals surface area contributed by atoms with Gasteiger partial charge in [-0.1, -0.05) is 61.0 Å². The molecule has 0 spiro atoms. The minimum Gasteiger partial charge on any atom is -0.496 e. The fourth-order valence-corrected chi connectivity index (χ4v) is 6.25. The van der Waals surface area contributed by atoms with Crippen LogP contribution in [0, 0.1) is 6.92 Å². The molecule has 35 heavy (non-hydrogen) atoms. The van der Waals surface area contributed by atoms with E-state index in [1.807, 2.05) is 50.2 Å². The predicted octanol–water partition coefficient (Wildman–Crippen LogP) is 5.54. The number of fused-ring (bicyclic) bond motifs is 1. The number of Topliss-reactive ketones (excluding diaryl/α,β-unsaturated/α-hetero) is 1. The summed E-state index contributed by atoms with van der Waals surface area (Å²) >= 11 is 6.43. The van der Waals surface area contributed by atoms with E-state index in [-0.39, 0.29) is 28.8 Å². The van der Waals surface area contributed by atoms with Crippen LogP contribution in [0.5, 0.6) is 5.75 Å². The van der Waals surface area contributed by atoms with Gasteiger partial charge < -0.3 is 10.1 Å². The first-order valence-electron chi connectivity index (χ1n) is 11.7. The van der Waals surface area contributed by atoms with Crippen LogP contribution < -0.4 is 10.1 Å². The lowest BCUT2D eigenvalue weighted by molar-refractivity contribution is -0.118. The number of methoxy groups -OCH3 is 1. The maximum Gasteiger partial charge on any atom is 0.182 e. The number of nitrogens with one attached hydrogen (secondary N) is 1. The van der Waals surface area contributed by atoms with Gasteiger partial charge in [0.25, 0.3) is 0 Å². The average molecular weight is 512 g/mol. The Morgan fingerprint density at radius 1 is 1.09 bits per heavy atom. The van der Waals surface area contributed by atoms with Crippen molar-refractivity contribution in [3.63, 3.8) is 0 Å². The fourth-order valence-electron chi connectivity index (χ4n) is 4.59. The Bertz CT molecular complexity index is 1370. The third-order valence-corrected chi connectivity index (χ3v) is 8.75. The summed E-state index contributed by atoms with van der Waals surface area (Å²) in [5.41, 5.74) is 5.72. The van der Waals surface area contributed by atoms with Crippen molar-refractivity contribution in [1.82, 2.24) is 5.32 Å². The SMILES string of the molecule is COc1cc(S(=O)(=O)Cc2ccc3c(c2)CNC3)ccc1CC(=O)CC(C)c1cccc(C)c1Cl. The van der Waals surface area contributed by atoms with E-state index in [9.17, 15) is 13.2 Å². The van der Waals surface area contributed by atoms with Crippen molar-refractivity contribution < 1.29 is 17.9 Å². The van der Waals surface area contributed by atoms with Gasteiger partial charge in [-0.2, -0.15) is 0 Å². The quantitative estimate of drug-likeness (QED) is 0.408. The van der Waals surface area contributed by atoms with Crippen molar-refractivity contribution >= 4 is 27.2 Å². The Kier molecular flexibility index (Phi) is 7.64. The third kappa shape index (κ3) is 5.77. The summed E-state index contributed by atoms with van der Waals surface area (Å²) in [5, 5.41) is 3.97. The second-order valence-corrected chi connectivity index (χ2v) is 11.6. The number of carbonyl (C=O) groups is 1. The molecular formula is C28H30ClNO4S. The first-order chi connectivity index (χ1) is 16.7. The molecule has 7 heteroatoms. The number of sulfone groups is 1. The number of benzene rings is 3. The fraction of sp³-hybridized carbons (Fsp3) is 0.321.